The Morgan fingerprint density at radius 3 is 2.76 bits per heavy atom. The number of nitrogens with one attached hydrogen (secondary N) is 1. The summed E-state index contributed by atoms with van der Waals surface area (Å²) in [6, 6.07) is 7.14. The summed E-state index contributed by atoms with van der Waals surface area (Å²) in [6.45, 7) is 0. The second kappa shape index (κ2) is 8.17. The quantitative estimate of drug-likeness (QED) is 0.793. The number of carbonyl (C=O) groups excluding carboxylic acids is 1. The zero-order valence-corrected chi connectivity index (χ0v) is 13.2. The molecule has 0 radical (unpaired) electrons. The van der Waals surface area contributed by atoms with Crippen molar-refractivity contribution in [2.75, 3.05) is 16.8 Å². The van der Waals surface area contributed by atoms with Crippen molar-refractivity contribution in [1.82, 2.24) is 0 Å². The Morgan fingerprint density at radius 1 is 1.29 bits per heavy atom. The van der Waals surface area contributed by atoms with Gasteiger partial charge in [0.2, 0.25) is 5.91 Å². The summed E-state index contributed by atoms with van der Waals surface area (Å²) in [7, 11) is -0.773. The molecule has 0 spiro atoms. The molecule has 1 amide bonds. The Kier molecular flexibility index (Phi) is 6.23. The van der Waals surface area contributed by atoms with Crippen LogP contribution in [0.4, 0.5) is 11.4 Å². The normalized spacial score (nSPS) is 17.3. The van der Waals surface area contributed by atoms with Gasteiger partial charge in [-0.15, -0.1) is 0 Å². The minimum Gasteiger partial charge on any atom is -0.399 e. The molecule has 21 heavy (non-hydrogen) atoms. The van der Waals surface area contributed by atoms with Crippen molar-refractivity contribution < 1.29 is 9.00 Å². The van der Waals surface area contributed by atoms with Crippen LogP contribution >= 0.6 is 0 Å². The first-order chi connectivity index (χ1) is 10.1. The van der Waals surface area contributed by atoms with Gasteiger partial charge in [-0.3, -0.25) is 9.00 Å². The Labute approximate surface area is 129 Å². The fourth-order valence-corrected chi connectivity index (χ4v) is 4.33. The minimum absolute atomic E-state index is 0.0405. The van der Waals surface area contributed by atoms with E-state index in [0.717, 1.165) is 12.8 Å². The number of anilines is 2. The van der Waals surface area contributed by atoms with E-state index in [1.165, 1.54) is 19.3 Å². The van der Waals surface area contributed by atoms with Crippen LogP contribution < -0.4 is 11.1 Å². The molecule has 1 saturated carbocycles. The lowest BCUT2D eigenvalue weighted by atomic mass is 10.0. The van der Waals surface area contributed by atoms with Gasteiger partial charge in [-0.25, -0.2) is 0 Å². The largest absolute Gasteiger partial charge is 0.399 e. The maximum absolute atomic E-state index is 12.1. The van der Waals surface area contributed by atoms with Crippen molar-refractivity contribution in [1.29, 1.82) is 0 Å². The molecule has 1 unspecified atom stereocenters. The van der Waals surface area contributed by atoms with Gasteiger partial charge in [0.05, 0.1) is 0 Å². The van der Waals surface area contributed by atoms with Crippen LogP contribution in [0.2, 0.25) is 0 Å². The second-order valence-electron chi connectivity index (χ2n) is 5.62. The first kappa shape index (κ1) is 16.0. The summed E-state index contributed by atoms with van der Waals surface area (Å²) in [5.41, 5.74) is 7.01. The van der Waals surface area contributed by atoms with Crippen molar-refractivity contribution in [2.45, 2.75) is 50.2 Å². The van der Waals surface area contributed by atoms with E-state index in [0.29, 0.717) is 35.2 Å². The van der Waals surface area contributed by atoms with E-state index in [9.17, 15) is 9.00 Å². The summed E-state index contributed by atoms with van der Waals surface area (Å²) in [5.74, 6) is 0.593. The average molecular weight is 308 g/mol. The van der Waals surface area contributed by atoms with Crippen molar-refractivity contribution in [3.63, 3.8) is 0 Å². The van der Waals surface area contributed by atoms with E-state index >= 15 is 0 Å². The molecule has 1 aliphatic rings. The van der Waals surface area contributed by atoms with Crippen molar-refractivity contribution >= 4 is 28.1 Å². The first-order valence-electron chi connectivity index (χ1n) is 7.68. The summed E-state index contributed by atoms with van der Waals surface area (Å²) in [4.78, 5) is 11.8. The lowest BCUT2D eigenvalue weighted by Crippen LogP contribution is -2.21. The summed E-state index contributed by atoms with van der Waals surface area (Å²) in [5, 5.41) is 3.18. The highest BCUT2D eigenvalue weighted by molar-refractivity contribution is 7.85. The number of amides is 1. The Balaban J connectivity index is 1.68. The monoisotopic (exact) mass is 308 g/mol. The number of nitrogens with two attached hydrogens (primary N) is 1. The Bertz CT molecular complexity index is 499. The van der Waals surface area contributed by atoms with E-state index in [1.54, 1.807) is 12.1 Å². The highest BCUT2D eigenvalue weighted by Gasteiger charge is 2.19. The van der Waals surface area contributed by atoms with Crippen molar-refractivity contribution in [3.8, 4) is 0 Å². The topological polar surface area (TPSA) is 72.2 Å². The van der Waals surface area contributed by atoms with Crippen LogP contribution in [-0.4, -0.2) is 21.1 Å². The van der Waals surface area contributed by atoms with Crippen molar-refractivity contribution in [2.24, 2.45) is 0 Å². The first-order valence-corrected chi connectivity index (χ1v) is 9.06. The molecule has 0 heterocycles. The number of nitrogen functional groups attached to an aromatic ring is 1. The highest BCUT2D eigenvalue weighted by atomic mass is 32.2. The number of hydrogen-bond donors (Lipinski definition) is 2. The number of benzene rings is 1. The maximum atomic E-state index is 12.1. The van der Waals surface area contributed by atoms with Crippen LogP contribution in [0.25, 0.3) is 0 Å². The predicted octanol–water partition coefficient (Wildman–Crippen LogP) is 3.07. The Morgan fingerprint density at radius 2 is 2.05 bits per heavy atom. The number of carbonyl (C=O) groups is 1. The zero-order chi connectivity index (χ0) is 15.1. The molecule has 0 aromatic heterocycles. The SMILES string of the molecule is Nc1cccc(NC(=O)CCCS(=O)C2CCCCC2)c1. The maximum Gasteiger partial charge on any atom is 0.224 e. The third-order valence-corrected chi connectivity index (χ3v) is 5.75. The molecule has 1 aromatic rings. The van der Waals surface area contributed by atoms with Crippen molar-refractivity contribution in [3.05, 3.63) is 24.3 Å². The summed E-state index contributed by atoms with van der Waals surface area (Å²) in [6.07, 6.45) is 6.93. The minimum atomic E-state index is -0.773. The summed E-state index contributed by atoms with van der Waals surface area (Å²) >= 11 is 0. The smallest absolute Gasteiger partial charge is 0.224 e. The van der Waals surface area contributed by atoms with Crippen LogP contribution in [0.3, 0.4) is 0 Å². The second-order valence-corrected chi connectivity index (χ2v) is 7.46. The van der Waals surface area contributed by atoms with E-state index in [2.05, 4.69) is 5.32 Å². The third kappa shape index (κ3) is 5.50. The van der Waals surface area contributed by atoms with E-state index in [1.807, 2.05) is 12.1 Å². The van der Waals surface area contributed by atoms with Gasteiger partial charge in [0.15, 0.2) is 0 Å². The van der Waals surface area contributed by atoms with Gasteiger partial charge in [-0.1, -0.05) is 25.3 Å². The van der Waals surface area contributed by atoms with Gasteiger partial charge in [-0.2, -0.15) is 0 Å². The molecule has 5 heteroatoms. The average Bonchev–Trinajstić information content (AvgIpc) is 2.48. The zero-order valence-electron chi connectivity index (χ0n) is 12.3. The fourth-order valence-electron chi connectivity index (χ4n) is 2.71. The molecule has 116 valence electrons. The number of rotatable bonds is 6. The van der Waals surface area contributed by atoms with Gasteiger partial charge >= 0.3 is 0 Å². The molecular formula is C16H24N2O2S. The molecule has 1 atom stereocenters. The molecule has 1 fully saturated rings. The van der Waals surface area contributed by atoms with Gasteiger partial charge < -0.3 is 11.1 Å². The highest BCUT2D eigenvalue weighted by Crippen LogP contribution is 2.22. The van der Waals surface area contributed by atoms with Gasteiger partial charge in [-0.05, 0) is 37.5 Å². The summed E-state index contributed by atoms with van der Waals surface area (Å²) < 4.78 is 12.1. The van der Waals surface area contributed by atoms with Gasteiger partial charge in [0.25, 0.3) is 0 Å². The molecule has 2 rings (SSSR count). The van der Waals surface area contributed by atoms with Crippen LogP contribution in [0, 0.1) is 0 Å². The fraction of sp³-hybridized carbons (Fsp3) is 0.562. The molecule has 4 nitrogen and oxygen atoms in total. The van der Waals surface area contributed by atoms with E-state index in [-0.39, 0.29) is 5.91 Å². The third-order valence-electron chi connectivity index (χ3n) is 3.84. The molecule has 0 aliphatic heterocycles. The van der Waals surface area contributed by atoms with Crippen LogP contribution in [-0.2, 0) is 15.6 Å². The molecule has 0 saturated heterocycles. The predicted molar refractivity (Wildman–Crippen MR) is 88.6 cm³/mol. The number of hydrogen-bond acceptors (Lipinski definition) is 3. The van der Waals surface area contributed by atoms with Gasteiger partial charge in [0.1, 0.15) is 0 Å². The molecular weight excluding hydrogens is 284 g/mol. The van der Waals surface area contributed by atoms with Crippen LogP contribution in [0.15, 0.2) is 24.3 Å². The van der Waals surface area contributed by atoms with Crippen LogP contribution in [0.1, 0.15) is 44.9 Å². The molecule has 1 aliphatic carbocycles. The Hall–Kier alpha value is -1.36. The molecule has 1 aromatic carbocycles. The molecule has 3 N–H and O–H groups in total. The standard InChI is InChI=1S/C16H24N2O2S/c17-13-6-4-7-14(12-13)18-16(19)10-5-11-21(20)15-8-2-1-3-9-15/h4,6-7,12,15H,1-3,5,8-11,17H2,(H,18,19). The van der Waals surface area contributed by atoms with Crippen LogP contribution in [0.5, 0.6) is 0 Å². The van der Waals surface area contributed by atoms with E-state index in [4.69, 9.17) is 5.73 Å². The van der Waals surface area contributed by atoms with E-state index < -0.39 is 10.8 Å². The lowest BCUT2D eigenvalue weighted by molar-refractivity contribution is -0.116. The lowest BCUT2D eigenvalue weighted by Gasteiger charge is -2.20. The van der Waals surface area contributed by atoms with Gasteiger partial charge in [0, 0.05) is 39.6 Å². The molecule has 0 bridgehead atoms.